The van der Waals surface area contributed by atoms with E-state index in [9.17, 15) is 23.5 Å². The van der Waals surface area contributed by atoms with E-state index in [1.807, 2.05) is 5.32 Å². The van der Waals surface area contributed by atoms with Crippen LogP contribution in [-0.2, 0) is 20.2 Å². The number of benzene rings is 1. The Bertz CT molecular complexity index is 488. The molecule has 110 valence electrons. The second-order valence-corrected chi connectivity index (χ2v) is 4.39. The van der Waals surface area contributed by atoms with Gasteiger partial charge in [-0.3, -0.25) is 4.79 Å². The molecule has 0 fully saturated rings. The van der Waals surface area contributed by atoms with Crippen molar-refractivity contribution in [3.05, 3.63) is 35.9 Å². The van der Waals surface area contributed by atoms with Crippen molar-refractivity contribution in [3.8, 4) is 0 Å². The average molecular weight is 287 g/mol. The first-order valence-corrected chi connectivity index (χ1v) is 5.74. The molecule has 0 spiro atoms. The Kier molecular flexibility index (Phi) is 4.78. The summed E-state index contributed by atoms with van der Waals surface area (Å²) >= 11 is 0. The van der Waals surface area contributed by atoms with Crippen LogP contribution in [0.1, 0.15) is 12.5 Å². The van der Waals surface area contributed by atoms with E-state index in [0.29, 0.717) is 0 Å². The summed E-state index contributed by atoms with van der Waals surface area (Å²) in [7, 11) is 1.04. The highest BCUT2D eigenvalue weighted by Gasteiger charge is 2.42. The van der Waals surface area contributed by atoms with Crippen LogP contribution in [-0.4, -0.2) is 36.2 Å². The standard InChI is InChI=1S/C13H15F2NO4/c1-12(19,11(18)20-2)8-16-10(17)13(14,15)9-6-4-3-5-7-9/h3-7,19H,8H2,1-2H3,(H,16,17). The molecule has 0 saturated heterocycles. The predicted octanol–water partition coefficient (Wildman–Crippen LogP) is 0.819. The summed E-state index contributed by atoms with van der Waals surface area (Å²) in [6.07, 6.45) is 0. The van der Waals surface area contributed by atoms with Gasteiger partial charge in [0.15, 0.2) is 5.60 Å². The second-order valence-electron chi connectivity index (χ2n) is 4.39. The molecular weight excluding hydrogens is 272 g/mol. The number of carbonyl (C=O) groups excluding carboxylic acids is 2. The Morgan fingerprint density at radius 1 is 1.30 bits per heavy atom. The van der Waals surface area contributed by atoms with Crippen molar-refractivity contribution < 1.29 is 28.2 Å². The number of amides is 1. The highest BCUT2D eigenvalue weighted by Crippen LogP contribution is 2.27. The van der Waals surface area contributed by atoms with Gasteiger partial charge >= 0.3 is 11.9 Å². The number of hydrogen-bond acceptors (Lipinski definition) is 4. The van der Waals surface area contributed by atoms with Gasteiger partial charge in [-0.15, -0.1) is 0 Å². The van der Waals surface area contributed by atoms with Crippen LogP contribution < -0.4 is 5.32 Å². The molecule has 0 radical (unpaired) electrons. The second kappa shape index (κ2) is 5.96. The Morgan fingerprint density at radius 2 is 1.85 bits per heavy atom. The minimum Gasteiger partial charge on any atom is -0.467 e. The lowest BCUT2D eigenvalue weighted by atomic mass is 10.1. The number of alkyl halides is 2. The molecule has 1 amide bonds. The summed E-state index contributed by atoms with van der Waals surface area (Å²) in [6, 6.07) is 6.51. The van der Waals surface area contributed by atoms with Gasteiger partial charge in [0, 0.05) is 5.56 Å². The maximum Gasteiger partial charge on any atom is 0.349 e. The van der Waals surface area contributed by atoms with E-state index in [1.165, 1.54) is 12.1 Å². The monoisotopic (exact) mass is 287 g/mol. The third-order valence-corrected chi connectivity index (χ3v) is 2.64. The molecule has 1 unspecified atom stereocenters. The number of methoxy groups -OCH3 is 1. The van der Waals surface area contributed by atoms with Gasteiger partial charge in [0.1, 0.15) is 0 Å². The Hall–Kier alpha value is -2.02. The lowest BCUT2D eigenvalue weighted by molar-refractivity contribution is -0.161. The van der Waals surface area contributed by atoms with Crippen LogP contribution in [0.2, 0.25) is 0 Å². The summed E-state index contributed by atoms with van der Waals surface area (Å²) in [4.78, 5) is 22.7. The Balaban J connectivity index is 2.74. The van der Waals surface area contributed by atoms with Crippen LogP contribution in [0, 0.1) is 0 Å². The Labute approximate surface area is 114 Å². The van der Waals surface area contributed by atoms with Crippen LogP contribution in [0.25, 0.3) is 0 Å². The first kappa shape index (κ1) is 16.0. The van der Waals surface area contributed by atoms with Crippen molar-refractivity contribution >= 4 is 11.9 Å². The van der Waals surface area contributed by atoms with Gasteiger partial charge < -0.3 is 15.2 Å². The minimum absolute atomic E-state index is 0.477. The van der Waals surface area contributed by atoms with Crippen LogP contribution in [0.3, 0.4) is 0 Å². The van der Waals surface area contributed by atoms with E-state index in [2.05, 4.69) is 4.74 Å². The molecule has 2 N–H and O–H groups in total. The number of hydrogen-bond donors (Lipinski definition) is 2. The molecule has 0 aromatic heterocycles. The highest BCUT2D eigenvalue weighted by atomic mass is 19.3. The van der Waals surface area contributed by atoms with Crippen molar-refractivity contribution in [3.63, 3.8) is 0 Å². The van der Waals surface area contributed by atoms with Crippen LogP contribution in [0.4, 0.5) is 8.78 Å². The van der Waals surface area contributed by atoms with Gasteiger partial charge in [0.2, 0.25) is 0 Å². The fraction of sp³-hybridized carbons (Fsp3) is 0.385. The van der Waals surface area contributed by atoms with Crippen LogP contribution >= 0.6 is 0 Å². The van der Waals surface area contributed by atoms with E-state index in [1.54, 1.807) is 6.07 Å². The van der Waals surface area contributed by atoms with E-state index in [4.69, 9.17) is 0 Å². The third-order valence-electron chi connectivity index (χ3n) is 2.64. The maximum atomic E-state index is 13.8. The molecule has 0 heterocycles. The number of carbonyl (C=O) groups is 2. The fourth-order valence-electron chi connectivity index (χ4n) is 1.43. The van der Waals surface area contributed by atoms with Gasteiger partial charge in [-0.25, -0.2) is 4.79 Å². The zero-order valence-corrected chi connectivity index (χ0v) is 11.0. The summed E-state index contributed by atoms with van der Waals surface area (Å²) in [5.74, 6) is -6.39. The van der Waals surface area contributed by atoms with Crippen molar-refractivity contribution in [2.75, 3.05) is 13.7 Å². The molecule has 1 rings (SSSR count). The van der Waals surface area contributed by atoms with Crippen molar-refractivity contribution in [2.24, 2.45) is 0 Å². The van der Waals surface area contributed by atoms with Crippen LogP contribution in [0.15, 0.2) is 30.3 Å². The summed E-state index contributed by atoms with van der Waals surface area (Å²) in [5.41, 5.74) is -2.55. The van der Waals surface area contributed by atoms with Gasteiger partial charge in [0.05, 0.1) is 13.7 Å². The normalized spacial score (nSPS) is 14.2. The molecule has 1 aromatic rings. The van der Waals surface area contributed by atoms with Gasteiger partial charge in [-0.05, 0) is 6.92 Å². The van der Waals surface area contributed by atoms with Crippen molar-refractivity contribution in [1.82, 2.24) is 5.32 Å². The number of aliphatic hydroxyl groups is 1. The lowest BCUT2D eigenvalue weighted by Crippen LogP contribution is -2.50. The number of halogens is 2. The molecule has 5 nitrogen and oxygen atoms in total. The molecule has 0 aliphatic carbocycles. The summed E-state index contributed by atoms with van der Waals surface area (Å²) in [6.45, 7) is 0.376. The topological polar surface area (TPSA) is 75.6 Å². The largest absolute Gasteiger partial charge is 0.467 e. The summed E-state index contributed by atoms with van der Waals surface area (Å²) < 4.78 is 31.9. The molecule has 7 heteroatoms. The van der Waals surface area contributed by atoms with Crippen LogP contribution in [0.5, 0.6) is 0 Å². The first-order valence-electron chi connectivity index (χ1n) is 5.74. The number of esters is 1. The zero-order valence-electron chi connectivity index (χ0n) is 11.0. The summed E-state index contributed by atoms with van der Waals surface area (Å²) in [5, 5.41) is 11.5. The molecule has 0 aliphatic heterocycles. The average Bonchev–Trinajstić information content (AvgIpc) is 2.44. The highest BCUT2D eigenvalue weighted by molar-refractivity contribution is 5.86. The SMILES string of the molecule is COC(=O)C(C)(O)CNC(=O)C(F)(F)c1ccccc1. The van der Waals surface area contributed by atoms with E-state index < -0.39 is 35.5 Å². The first-order chi connectivity index (χ1) is 9.21. The quantitative estimate of drug-likeness (QED) is 0.786. The van der Waals surface area contributed by atoms with Crippen molar-refractivity contribution in [1.29, 1.82) is 0 Å². The zero-order chi connectivity index (χ0) is 15.4. The molecule has 1 atom stereocenters. The number of nitrogens with one attached hydrogen (secondary N) is 1. The van der Waals surface area contributed by atoms with E-state index in [0.717, 1.165) is 26.2 Å². The fourth-order valence-corrected chi connectivity index (χ4v) is 1.43. The molecule has 0 aliphatic rings. The van der Waals surface area contributed by atoms with Crippen molar-refractivity contribution in [2.45, 2.75) is 18.4 Å². The van der Waals surface area contributed by atoms with E-state index in [-0.39, 0.29) is 0 Å². The maximum absolute atomic E-state index is 13.8. The third kappa shape index (κ3) is 3.51. The molecular formula is C13H15F2NO4. The molecule has 0 saturated carbocycles. The van der Waals surface area contributed by atoms with Gasteiger partial charge in [0.25, 0.3) is 5.91 Å². The molecule has 1 aromatic carbocycles. The molecule has 0 bridgehead atoms. The number of ether oxygens (including phenoxy) is 1. The minimum atomic E-state index is -3.76. The van der Waals surface area contributed by atoms with E-state index >= 15 is 0 Å². The predicted molar refractivity (Wildman–Crippen MR) is 66.0 cm³/mol. The molecule has 20 heavy (non-hydrogen) atoms. The smallest absolute Gasteiger partial charge is 0.349 e. The Morgan fingerprint density at radius 3 is 2.35 bits per heavy atom. The van der Waals surface area contributed by atoms with Gasteiger partial charge in [-0.1, -0.05) is 30.3 Å². The lowest BCUT2D eigenvalue weighted by Gasteiger charge is -2.22. The number of rotatable bonds is 5. The van der Waals surface area contributed by atoms with Gasteiger partial charge in [-0.2, -0.15) is 8.78 Å².